The Kier molecular flexibility index (Phi) is 6.43. The Hall–Kier alpha value is -4.01. The standard InChI is InChI=1S/C30H25N3O3S2/c1-3-32-18-20(21-13-8-9-14-22(21)32)17-24-28(34)33-27(23-15-10-16-37-23)25(29(35)36-4-2)26(31-30(33)38-24)19-11-6-5-7-12-19/h5-18,27H,3-4H2,1-2H3/b24-17-/t27-/m0/s1. The van der Waals surface area contributed by atoms with Gasteiger partial charge in [0.25, 0.3) is 5.56 Å². The van der Waals surface area contributed by atoms with Crippen molar-refractivity contribution in [2.75, 3.05) is 6.61 Å². The minimum absolute atomic E-state index is 0.172. The number of thiophene rings is 1. The highest BCUT2D eigenvalue weighted by Crippen LogP contribution is 2.36. The van der Waals surface area contributed by atoms with Gasteiger partial charge in [0, 0.05) is 39.6 Å². The summed E-state index contributed by atoms with van der Waals surface area (Å²) >= 11 is 2.85. The maximum atomic E-state index is 14.0. The van der Waals surface area contributed by atoms with Crippen LogP contribution in [-0.4, -0.2) is 21.7 Å². The van der Waals surface area contributed by atoms with E-state index in [1.807, 2.05) is 66.1 Å². The van der Waals surface area contributed by atoms with E-state index < -0.39 is 12.0 Å². The Morgan fingerprint density at radius 3 is 2.58 bits per heavy atom. The first-order chi connectivity index (χ1) is 18.6. The molecule has 0 unspecified atom stereocenters. The smallest absolute Gasteiger partial charge is 0.338 e. The van der Waals surface area contributed by atoms with Crippen LogP contribution in [0.1, 0.15) is 35.9 Å². The van der Waals surface area contributed by atoms with Crippen molar-refractivity contribution < 1.29 is 9.53 Å². The summed E-state index contributed by atoms with van der Waals surface area (Å²) in [7, 11) is 0. The molecule has 0 fully saturated rings. The zero-order chi connectivity index (χ0) is 26.2. The molecule has 4 heterocycles. The first-order valence-corrected chi connectivity index (χ1v) is 14.2. The Morgan fingerprint density at radius 2 is 1.84 bits per heavy atom. The summed E-state index contributed by atoms with van der Waals surface area (Å²) < 4.78 is 9.91. The summed E-state index contributed by atoms with van der Waals surface area (Å²) in [6.07, 6.45) is 4.03. The molecule has 0 radical (unpaired) electrons. The van der Waals surface area contributed by atoms with Crippen molar-refractivity contribution in [1.29, 1.82) is 0 Å². The SMILES string of the molecule is CCOC(=O)C1=C(c2ccccc2)N=c2s/c(=C\c3cn(CC)c4ccccc34)c(=O)n2[C@H]1c1cccs1. The van der Waals surface area contributed by atoms with Crippen LogP contribution in [0.4, 0.5) is 0 Å². The normalized spacial score (nSPS) is 15.5. The predicted octanol–water partition coefficient (Wildman–Crippen LogP) is 4.97. The molecule has 8 heteroatoms. The lowest BCUT2D eigenvalue weighted by atomic mass is 9.97. The number of carbonyl (C=O) groups is 1. The van der Waals surface area contributed by atoms with Crippen molar-refractivity contribution in [3.05, 3.63) is 120 Å². The van der Waals surface area contributed by atoms with Gasteiger partial charge in [-0.25, -0.2) is 9.79 Å². The topological polar surface area (TPSA) is 65.6 Å². The van der Waals surface area contributed by atoms with Gasteiger partial charge in [-0.3, -0.25) is 9.36 Å². The minimum atomic E-state index is -0.625. The van der Waals surface area contributed by atoms with Crippen LogP contribution < -0.4 is 14.9 Å². The van der Waals surface area contributed by atoms with Gasteiger partial charge in [0.2, 0.25) is 0 Å². The van der Waals surface area contributed by atoms with Gasteiger partial charge >= 0.3 is 5.97 Å². The molecule has 1 aliphatic rings. The van der Waals surface area contributed by atoms with Crippen molar-refractivity contribution in [3.63, 3.8) is 0 Å². The van der Waals surface area contributed by atoms with E-state index in [-0.39, 0.29) is 12.2 Å². The zero-order valence-corrected chi connectivity index (χ0v) is 22.6. The van der Waals surface area contributed by atoms with Crippen molar-refractivity contribution >= 4 is 51.3 Å². The predicted molar refractivity (Wildman–Crippen MR) is 153 cm³/mol. The first kappa shape index (κ1) is 24.3. The summed E-state index contributed by atoms with van der Waals surface area (Å²) in [6, 6.07) is 21.1. The molecule has 2 aromatic carbocycles. The molecule has 190 valence electrons. The molecule has 0 amide bonds. The number of para-hydroxylation sites is 1. The summed E-state index contributed by atoms with van der Waals surface area (Å²) in [5.41, 5.74) is 3.66. The second-order valence-corrected chi connectivity index (χ2v) is 10.8. The molecule has 1 aliphatic heterocycles. The van der Waals surface area contributed by atoms with Gasteiger partial charge in [-0.2, -0.15) is 0 Å². The molecule has 5 aromatic rings. The maximum absolute atomic E-state index is 14.0. The Labute approximate surface area is 227 Å². The van der Waals surface area contributed by atoms with Crippen LogP contribution >= 0.6 is 22.7 Å². The third kappa shape index (κ3) is 4.06. The molecule has 38 heavy (non-hydrogen) atoms. The number of carbonyl (C=O) groups excluding carboxylic acids is 1. The fourth-order valence-electron chi connectivity index (χ4n) is 4.95. The fraction of sp³-hybridized carbons (Fsp3) is 0.167. The number of thiazole rings is 1. The number of nitrogens with zero attached hydrogens (tertiary/aromatic N) is 3. The van der Waals surface area contributed by atoms with E-state index in [0.29, 0.717) is 20.6 Å². The molecular weight excluding hydrogens is 514 g/mol. The van der Waals surface area contributed by atoms with E-state index in [0.717, 1.165) is 33.5 Å². The Balaban J connectivity index is 1.64. The average Bonchev–Trinajstić information content (AvgIpc) is 3.67. The van der Waals surface area contributed by atoms with Crippen LogP contribution in [0.5, 0.6) is 0 Å². The monoisotopic (exact) mass is 539 g/mol. The Bertz CT molecular complexity index is 1860. The Morgan fingerprint density at radius 1 is 1.05 bits per heavy atom. The van der Waals surface area contributed by atoms with E-state index in [1.54, 1.807) is 11.5 Å². The number of rotatable bonds is 6. The number of benzene rings is 2. The lowest BCUT2D eigenvalue weighted by Gasteiger charge is -2.24. The summed E-state index contributed by atoms with van der Waals surface area (Å²) in [4.78, 5) is 33.8. The number of ether oxygens (including phenoxy) is 1. The largest absolute Gasteiger partial charge is 0.463 e. The fourth-order valence-corrected chi connectivity index (χ4v) is 6.76. The summed E-state index contributed by atoms with van der Waals surface area (Å²) in [6.45, 7) is 4.95. The lowest BCUT2D eigenvalue weighted by Crippen LogP contribution is -2.39. The van der Waals surface area contributed by atoms with Crippen molar-refractivity contribution in [2.24, 2.45) is 4.99 Å². The second-order valence-electron chi connectivity index (χ2n) is 8.83. The third-order valence-corrected chi connectivity index (χ3v) is 8.54. The number of aromatic nitrogens is 2. The van der Waals surface area contributed by atoms with Gasteiger partial charge in [0.15, 0.2) is 4.80 Å². The van der Waals surface area contributed by atoms with E-state index in [2.05, 4.69) is 29.8 Å². The van der Waals surface area contributed by atoms with Gasteiger partial charge in [0.05, 0.1) is 22.4 Å². The number of fused-ring (bicyclic) bond motifs is 2. The van der Waals surface area contributed by atoms with Crippen LogP contribution in [0.25, 0.3) is 22.7 Å². The van der Waals surface area contributed by atoms with Crippen molar-refractivity contribution in [2.45, 2.75) is 26.4 Å². The molecule has 0 saturated carbocycles. The molecular formula is C30H25N3O3S2. The van der Waals surface area contributed by atoms with Crippen LogP contribution in [0, 0.1) is 0 Å². The number of hydrogen-bond donors (Lipinski definition) is 0. The molecule has 6 rings (SSSR count). The number of aryl methyl sites for hydroxylation is 1. The van der Waals surface area contributed by atoms with E-state index in [9.17, 15) is 9.59 Å². The number of hydrogen-bond acceptors (Lipinski definition) is 6. The van der Waals surface area contributed by atoms with Crippen molar-refractivity contribution in [3.8, 4) is 0 Å². The lowest BCUT2D eigenvalue weighted by molar-refractivity contribution is -0.138. The molecule has 0 saturated heterocycles. The summed E-state index contributed by atoms with van der Waals surface area (Å²) in [5, 5.41) is 3.04. The van der Waals surface area contributed by atoms with Crippen LogP contribution in [0.2, 0.25) is 0 Å². The van der Waals surface area contributed by atoms with E-state index in [4.69, 9.17) is 9.73 Å². The highest BCUT2D eigenvalue weighted by atomic mass is 32.1. The van der Waals surface area contributed by atoms with Gasteiger partial charge in [0.1, 0.15) is 6.04 Å². The molecule has 0 bridgehead atoms. The van der Waals surface area contributed by atoms with Gasteiger partial charge in [-0.15, -0.1) is 11.3 Å². The van der Waals surface area contributed by atoms with Crippen molar-refractivity contribution in [1.82, 2.24) is 9.13 Å². The van der Waals surface area contributed by atoms with Crippen LogP contribution in [0.15, 0.2) is 93.7 Å². The maximum Gasteiger partial charge on any atom is 0.338 e. The molecule has 1 atom stereocenters. The minimum Gasteiger partial charge on any atom is -0.463 e. The third-order valence-electron chi connectivity index (χ3n) is 6.63. The van der Waals surface area contributed by atoms with E-state index >= 15 is 0 Å². The zero-order valence-electron chi connectivity index (χ0n) is 21.0. The van der Waals surface area contributed by atoms with Gasteiger partial charge < -0.3 is 9.30 Å². The summed E-state index contributed by atoms with van der Waals surface area (Å²) in [5.74, 6) is -0.464. The molecule has 0 aliphatic carbocycles. The quantitative estimate of drug-likeness (QED) is 0.286. The molecule has 0 spiro atoms. The van der Waals surface area contributed by atoms with Crippen LogP contribution in [-0.2, 0) is 16.1 Å². The molecule has 6 nitrogen and oxygen atoms in total. The average molecular weight is 540 g/mol. The highest BCUT2D eigenvalue weighted by Gasteiger charge is 2.35. The second kappa shape index (κ2) is 10.0. The first-order valence-electron chi connectivity index (χ1n) is 12.5. The van der Waals surface area contributed by atoms with Gasteiger partial charge in [-0.05, 0) is 37.4 Å². The van der Waals surface area contributed by atoms with Gasteiger partial charge in [-0.1, -0.05) is 65.9 Å². The molecule has 3 aromatic heterocycles. The highest BCUT2D eigenvalue weighted by molar-refractivity contribution is 7.10. The molecule has 0 N–H and O–H groups in total. The number of esters is 1. The van der Waals surface area contributed by atoms with Crippen LogP contribution in [0.3, 0.4) is 0 Å². The van der Waals surface area contributed by atoms with E-state index in [1.165, 1.54) is 22.7 Å².